The van der Waals surface area contributed by atoms with Crippen LogP contribution in [0.25, 0.3) is 0 Å². The molecule has 0 fully saturated rings. The van der Waals surface area contributed by atoms with Crippen molar-refractivity contribution in [2.75, 3.05) is 0 Å². The smallest absolute Gasteiger partial charge is 0.337 e. The average Bonchev–Trinajstić information content (AvgIpc) is 2.38. The van der Waals surface area contributed by atoms with E-state index in [1.165, 1.54) is 5.56 Å². The van der Waals surface area contributed by atoms with E-state index in [9.17, 15) is 4.79 Å². The third-order valence-electron chi connectivity index (χ3n) is 2.42. The van der Waals surface area contributed by atoms with E-state index in [4.69, 9.17) is 16.7 Å². The number of aromatic carboxylic acids is 1. The Kier molecular flexibility index (Phi) is 4.28. The summed E-state index contributed by atoms with van der Waals surface area (Å²) in [6, 6.07) is 15.1. The number of halogens is 1. The second-order valence-corrected chi connectivity index (χ2v) is 5.18. The molecule has 0 unspecified atom stereocenters. The van der Waals surface area contributed by atoms with Crippen LogP contribution >= 0.6 is 23.4 Å². The molecule has 0 radical (unpaired) electrons. The second kappa shape index (κ2) is 5.94. The number of carboxylic acids is 1. The van der Waals surface area contributed by atoms with E-state index in [1.807, 2.05) is 36.4 Å². The largest absolute Gasteiger partial charge is 0.478 e. The van der Waals surface area contributed by atoms with Crippen LogP contribution in [-0.4, -0.2) is 11.1 Å². The highest BCUT2D eigenvalue weighted by atomic mass is 35.5. The number of rotatable bonds is 4. The molecule has 2 aromatic carbocycles. The second-order valence-electron chi connectivity index (χ2n) is 3.72. The molecule has 0 saturated heterocycles. The van der Waals surface area contributed by atoms with Crippen molar-refractivity contribution in [3.05, 3.63) is 64.7 Å². The molecule has 0 aliphatic carbocycles. The molecule has 4 heteroatoms. The molecule has 0 amide bonds. The van der Waals surface area contributed by atoms with Crippen molar-refractivity contribution in [1.82, 2.24) is 0 Å². The number of thioether (sulfide) groups is 1. The maximum absolute atomic E-state index is 11.0. The van der Waals surface area contributed by atoms with Crippen LogP contribution in [0.2, 0.25) is 5.02 Å². The van der Waals surface area contributed by atoms with Crippen molar-refractivity contribution in [3.63, 3.8) is 0 Å². The lowest BCUT2D eigenvalue weighted by molar-refractivity contribution is 0.0697. The van der Waals surface area contributed by atoms with Gasteiger partial charge in [-0.15, -0.1) is 11.8 Å². The maximum Gasteiger partial charge on any atom is 0.337 e. The summed E-state index contributed by atoms with van der Waals surface area (Å²) in [7, 11) is 0. The summed E-state index contributed by atoms with van der Waals surface area (Å²) in [5, 5.41) is 9.25. The van der Waals surface area contributed by atoms with Crippen LogP contribution in [0, 0.1) is 0 Å². The average molecular weight is 279 g/mol. The van der Waals surface area contributed by atoms with Gasteiger partial charge in [0.05, 0.1) is 10.6 Å². The van der Waals surface area contributed by atoms with Gasteiger partial charge in [-0.05, 0) is 23.8 Å². The van der Waals surface area contributed by atoms with Gasteiger partial charge in [-0.3, -0.25) is 0 Å². The molecule has 0 aliphatic heterocycles. The van der Waals surface area contributed by atoms with Gasteiger partial charge in [0.25, 0.3) is 0 Å². The molecule has 0 aromatic heterocycles. The number of carboxylic acid groups (broad SMARTS) is 1. The van der Waals surface area contributed by atoms with Crippen LogP contribution < -0.4 is 0 Å². The Morgan fingerprint density at radius 2 is 1.89 bits per heavy atom. The van der Waals surface area contributed by atoms with E-state index in [2.05, 4.69) is 0 Å². The van der Waals surface area contributed by atoms with Crippen molar-refractivity contribution in [3.8, 4) is 0 Å². The van der Waals surface area contributed by atoms with Gasteiger partial charge in [-0.25, -0.2) is 4.79 Å². The third kappa shape index (κ3) is 3.28. The summed E-state index contributed by atoms with van der Waals surface area (Å²) in [5.74, 6) is -0.191. The Morgan fingerprint density at radius 1 is 1.17 bits per heavy atom. The molecule has 0 saturated carbocycles. The van der Waals surface area contributed by atoms with Crippen molar-refractivity contribution >= 4 is 29.3 Å². The van der Waals surface area contributed by atoms with Gasteiger partial charge < -0.3 is 5.11 Å². The lowest BCUT2D eigenvalue weighted by Gasteiger charge is -2.04. The highest BCUT2D eigenvalue weighted by molar-refractivity contribution is 7.98. The molecule has 18 heavy (non-hydrogen) atoms. The quantitative estimate of drug-likeness (QED) is 0.846. The number of hydrogen-bond donors (Lipinski definition) is 1. The zero-order valence-electron chi connectivity index (χ0n) is 9.47. The molecule has 0 bridgehead atoms. The molecule has 0 atom stereocenters. The van der Waals surface area contributed by atoms with Gasteiger partial charge in [-0.2, -0.15) is 0 Å². The Bertz CT molecular complexity index is 555. The normalized spacial score (nSPS) is 10.3. The Labute approximate surface area is 115 Å². The minimum Gasteiger partial charge on any atom is -0.478 e. The number of benzene rings is 2. The standard InChI is InChI=1S/C14H11ClO2S/c15-13-7-6-11(8-12(13)14(16)17)18-9-10-4-2-1-3-5-10/h1-8H,9H2,(H,16,17). The zero-order valence-corrected chi connectivity index (χ0v) is 11.0. The molecule has 2 nitrogen and oxygen atoms in total. The van der Waals surface area contributed by atoms with E-state index in [1.54, 1.807) is 23.9 Å². The zero-order chi connectivity index (χ0) is 13.0. The molecule has 0 aliphatic rings. The fraction of sp³-hybridized carbons (Fsp3) is 0.0714. The van der Waals surface area contributed by atoms with Gasteiger partial charge in [-0.1, -0.05) is 41.9 Å². The van der Waals surface area contributed by atoms with E-state index in [0.29, 0.717) is 0 Å². The lowest BCUT2D eigenvalue weighted by atomic mass is 10.2. The predicted molar refractivity (Wildman–Crippen MR) is 74.4 cm³/mol. The minimum absolute atomic E-state index is 0.148. The van der Waals surface area contributed by atoms with Crippen LogP contribution in [0.1, 0.15) is 15.9 Å². The van der Waals surface area contributed by atoms with Crippen LogP contribution in [0.4, 0.5) is 0 Å². The van der Waals surface area contributed by atoms with E-state index >= 15 is 0 Å². The predicted octanol–water partition coefficient (Wildman–Crippen LogP) is 4.33. The first-order valence-corrected chi connectivity index (χ1v) is 6.73. The molecule has 1 N–H and O–H groups in total. The Morgan fingerprint density at radius 3 is 2.56 bits per heavy atom. The van der Waals surface area contributed by atoms with Gasteiger partial charge >= 0.3 is 5.97 Å². The van der Waals surface area contributed by atoms with Gasteiger partial charge in [0.2, 0.25) is 0 Å². The molecule has 2 aromatic rings. The lowest BCUT2D eigenvalue weighted by Crippen LogP contribution is -1.97. The van der Waals surface area contributed by atoms with E-state index in [-0.39, 0.29) is 10.6 Å². The molecule has 0 heterocycles. The summed E-state index contributed by atoms with van der Waals surface area (Å²) >= 11 is 7.41. The van der Waals surface area contributed by atoms with Crippen molar-refractivity contribution in [1.29, 1.82) is 0 Å². The summed E-state index contributed by atoms with van der Waals surface area (Å²) in [4.78, 5) is 11.9. The topological polar surface area (TPSA) is 37.3 Å². The van der Waals surface area contributed by atoms with Crippen LogP contribution in [-0.2, 0) is 5.75 Å². The highest BCUT2D eigenvalue weighted by Gasteiger charge is 2.09. The molecule has 2 rings (SSSR count). The summed E-state index contributed by atoms with van der Waals surface area (Å²) in [6.45, 7) is 0. The van der Waals surface area contributed by atoms with Gasteiger partial charge in [0.1, 0.15) is 0 Å². The van der Waals surface area contributed by atoms with E-state index in [0.717, 1.165) is 10.6 Å². The maximum atomic E-state index is 11.0. The fourth-order valence-electron chi connectivity index (χ4n) is 1.50. The van der Waals surface area contributed by atoms with Gasteiger partial charge in [0.15, 0.2) is 0 Å². The van der Waals surface area contributed by atoms with Crippen molar-refractivity contribution in [2.45, 2.75) is 10.6 Å². The molecular weight excluding hydrogens is 268 g/mol. The summed E-state index contributed by atoms with van der Waals surface area (Å²) < 4.78 is 0. The first kappa shape index (κ1) is 13.0. The summed E-state index contributed by atoms with van der Waals surface area (Å²) in [5.41, 5.74) is 1.35. The van der Waals surface area contributed by atoms with E-state index < -0.39 is 5.97 Å². The van der Waals surface area contributed by atoms with Crippen LogP contribution in [0.3, 0.4) is 0 Å². The van der Waals surface area contributed by atoms with Crippen LogP contribution in [0.15, 0.2) is 53.4 Å². The first-order chi connectivity index (χ1) is 8.66. The fourth-order valence-corrected chi connectivity index (χ4v) is 2.59. The van der Waals surface area contributed by atoms with Crippen LogP contribution in [0.5, 0.6) is 0 Å². The SMILES string of the molecule is O=C(O)c1cc(SCc2ccccc2)ccc1Cl. The van der Waals surface area contributed by atoms with Crippen molar-refractivity contribution in [2.24, 2.45) is 0 Å². The number of carbonyl (C=O) groups is 1. The van der Waals surface area contributed by atoms with Gasteiger partial charge in [0, 0.05) is 10.6 Å². The first-order valence-electron chi connectivity index (χ1n) is 5.36. The monoisotopic (exact) mass is 278 g/mol. The minimum atomic E-state index is -0.998. The highest BCUT2D eigenvalue weighted by Crippen LogP contribution is 2.27. The summed E-state index contributed by atoms with van der Waals surface area (Å²) in [6.07, 6.45) is 0. The number of hydrogen-bond acceptors (Lipinski definition) is 2. The molecule has 92 valence electrons. The van der Waals surface area contributed by atoms with Crippen molar-refractivity contribution < 1.29 is 9.90 Å². The molecular formula is C14H11ClO2S. The Hall–Kier alpha value is -1.45. The Balaban J connectivity index is 2.11. The molecule has 0 spiro atoms. The third-order valence-corrected chi connectivity index (χ3v) is 3.81.